The summed E-state index contributed by atoms with van der Waals surface area (Å²) in [6.07, 6.45) is 3.29. The average Bonchev–Trinajstić information content (AvgIpc) is 2.89. The third kappa shape index (κ3) is 4.95. The van der Waals surface area contributed by atoms with Crippen molar-refractivity contribution in [3.05, 3.63) is 108 Å². The predicted octanol–water partition coefficient (Wildman–Crippen LogP) is 5.53. The van der Waals surface area contributed by atoms with E-state index < -0.39 is 10.0 Å². The molecule has 0 bridgehead atoms. The molecule has 0 aliphatic rings. The van der Waals surface area contributed by atoms with Gasteiger partial charge >= 0.3 is 0 Å². The molecule has 0 aliphatic heterocycles. The lowest BCUT2D eigenvalue weighted by molar-refractivity contribution is 0.580. The molecule has 5 rings (SSSR count). The Hall–Kier alpha value is -4.14. The van der Waals surface area contributed by atoms with Crippen molar-refractivity contribution in [3.63, 3.8) is 0 Å². The van der Waals surface area contributed by atoms with Gasteiger partial charge in [-0.3, -0.25) is 4.98 Å². The maximum atomic E-state index is 13.2. The summed E-state index contributed by atoms with van der Waals surface area (Å²) in [5, 5.41) is 14.1. The van der Waals surface area contributed by atoms with Crippen molar-refractivity contribution in [1.29, 1.82) is 0 Å². The maximum absolute atomic E-state index is 13.2. The number of pyridine rings is 1. The largest absolute Gasteiger partial charge is 0.338 e. The lowest BCUT2D eigenvalue weighted by Crippen LogP contribution is -2.24. The van der Waals surface area contributed by atoms with E-state index in [-0.39, 0.29) is 11.4 Å². The molecule has 2 aromatic heterocycles. The van der Waals surface area contributed by atoms with E-state index in [4.69, 9.17) is 0 Å². The van der Waals surface area contributed by atoms with Gasteiger partial charge < -0.3 is 5.32 Å². The van der Waals surface area contributed by atoms with Crippen molar-refractivity contribution < 1.29 is 8.42 Å². The Labute approximate surface area is 210 Å². The summed E-state index contributed by atoms with van der Waals surface area (Å²) in [4.78, 5) is 4.25. The number of rotatable bonds is 7. The van der Waals surface area contributed by atoms with E-state index >= 15 is 0 Å². The Bertz CT molecular complexity index is 1650. The Kier molecular flexibility index (Phi) is 6.45. The molecule has 0 atom stereocenters. The van der Waals surface area contributed by atoms with Gasteiger partial charge in [0.2, 0.25) is 10.0 Å². The minimum atomic E-state index is -3.76. The highest BCUT2D eigenvalue weighted by atomic mass is 32.2. The molecule has 8 heteroatoms. The lowest BCUT2D eigenvalue weighted by atomic mass is 10.0. The first-order valence-corrected chi connectivity index (χ1v) is 13.0. The third-order valence-electron chi connectivity index (χ3n) is 5.91. The van der Waals surface area contributed by atoms with Crippen molar-refractivity contribution in [1.82, 2.24) is 19.9 Å². The lowest BCUT2D eigenvalue weighted by Gasteiger charge is -2.14. The van der Waals surface area contributed by atoms with Gasteiger partial charge in [-0.05, 0) is 54.8 Å². The molecule has 0 saturated heterocycles. The zero-order chi connectivity index (χ0) is 25.1. The van der Waals surface area contributed by atoms with Crippen LogP contribution in [-0.2, 0) is 16.6 Å². The SMILES string of the molecule is Cc1cccc(Nc2nnc(-c3ccc(C)c(S(=O)(=O)NCc4cccnc4)c3)c3ccccc23)c1. The molecule has 5 aromatic rings. The quantitative estimate of drug-likeness (QED) is 0.308. The van der Waals surface area contributed by atoms with Gasteiger partial charge in [0.25, 0.3) is 0 Å². The number of aryl methyl sites for hydroxylation is 2. The Balaban J connectivity index is 1.52. The van der Waals surface area contributed by atoms with Gasteiger partial charge in [-0.25, -0.2) is 13.1 Å². The second kappa shape index (κ2) is 9.85. The predicted molar refractivity (Wildman–Crippen MR) is 142 cm³/mol. The van der Waals surface area contributed by atoms with Gasteiger partial charge in [0.05, 0.1) is 4.90 Å². The zero-order valence-corrected chi connectivity index (χ0v) is 20.8. The number of anilines is 2. The fraction of sp³-hybridized carbons (Fsp3) is 0.107. The highest BCUT2D eigenvalue weighted by Crippen LogP contribution is 2.32. The fourth-order valence-electron chi connectivity index (χ4n) is 4.06. The van der Waals surface area contributed by atoms with Crippen molar-refractivity contribution in [2.45, 2.75) is 25.3 Å². The van der Waals surface area contributed by atoms with E-state index in [9.17, 15) is 8.42 Å². The van der Waals surface area contributed by atoms with Crippen LogP contribution >= 0.6 is 0 Å². The van der Waals surface area contributed by atoms with Crippen molar-refractivity contribution >= 4 is 32.3 Å². The van der Waals surface area contributed by atoms with Gasteiger partial charge in [0, 0.05) is 41.0 Å². The Morgan fingerprint density at radius 2 is 1.67 bits per heavy atom. The fourth-order valence-corrected chi connectivity index (χ4v) is 5.35. The molecule has 2 heterocycles. The van der Waals surface area contributed by atoms with Crippen LogP contribution in [0.1, 0.15) is 16.7 Å². The molecule has 36 heavy (non-hydrogen) atoms. The van der Waals surface area contributed by atoms with Gasteiger partial charge in [-0.2, -0.15) is 0 Å². The molecule has 3 aromatic carbocycles. The molecule has 0 amide bonds. The van der Waals surface area contributed by atoms with E-state index in [1.165, 1.54) is 0 Å². The molecule has 0 unspecified atom stereocenters. The molecule has 0 saturated carbocycles. The number of fused-ring (bicyclic) bond motifs is 1. The highest BCUT2D eigenvalue weighted by molar-refractivity contribution is 7.89. The summed E-state index contributed by atoms with van der Waals surface area (Å²) in [5.41, 5.74) is 4.78. The highest BCUT2D eigenvalue weighted by Gasteiger charge is 2.19. The number of benzene rings is 3. The second-order valence-electron chi connectivity index (χ2n) is 8.60. The number of hydrogen-bond donors (Lipinski definition) is 2. The molecular weight excluding hydrogens is 470 g/mol. The minimum absolute atomic E-state index is 0.155. The molecule has 7 nitrogen and oxygen atoms in total. The van der Waals surface area contributed by atoms with Crippen molar-refractivity contribution in [2.24, 2.45) is 0 Å². The summed E-state index contributed by atoms with van der Waals surface area (Å²) >= 11 is 0. The Morgan fingerprint density at radius 1 is 0.833 bits per heavy atom. The van der Waals surface area contributed by atoms with Crippen molar-refractivity contribution in [3.8, 4) is 11.3 Å². The van der Waals surface area contributed by atoms with E-state index in [2.05, 4.69) is 25.2 Å². The van der Waals surface area contributed by atoms with E-state index in [0.717, 1.165) is 27.6 Å². The first-order chi connectivity index (χ1) is 17.4. The number of nitrogens with zero attached hydrogens (tertiary/aromatic N) is 3. The van der Waals surface area contributed by atoms with Crippen LogP contribution in [0.2, 0.25) is 0 Å². The Morgan fingerprint density at radius 3 is 2.44 bits per heavy atom. The van der Waals surface area contributed by atoms with E-state index in [0.29, 0.717) is 22.6 Å². The van der Waals surface area contributed by atoms with Crippen LogP contribution in [-0.4, -0.2) is 23.6 Å². The van der Waals surface area contributed by atoms with Gasteiger partial charge in [-0.15, -0.1) is 10.2 Å². The van der Waals surface area contributed by atoms with E-state index in [1.807, 2.05) is 67.6 Å². The average molecular weight is 496 g/mol. The smallest absolute Gasteiger partial charge is 0.241 e. The minimum Gasteiger partial charge on any atom is -0.338 e. The van der Waals surface area contributed by atoms with Crippen LogP contribution < -0.4 is 10.0 Å². The van der Waals surface area contributed by atoms with Crippen LogP contribution in [0.4, 0.5) is 11.5 Å². The normalized spacial score (nSPS) is 11.5. The van der Waals surface area contributed by atoms with Gasteiger partial charge in [0.15, 0.2) is 5.82 Å². The van der Waals surface area contributed by atoms with Crippen LogP contribution in [0.25, 0.3) is 22.0 Å². The van der Waals surface area contributed by atoms with Crippen LogP contribution in [0, 0.1) is 13.8 Å². The molecular formula is C28H25N5O2S. The van der Waals surface area contributed by atoms with Gasteiger partial charge in [-0.1, -0.05) is 54.6 Å². The third-order valence-corrected chi connectivity index (χ3v) is 7.45. The number of sulfonamides is 1. The topological polar surface area (TPSA) is 96.9 Å². The maximum Gasteiger partial charge on any atom is 0.241 e. The molecule has 0 fully saturated rings. The molecule has 0 aliphatic carbocycles. The number of aromatic nitrogens is 3. The molecule has 0 spiro atoms. The first-order valence-electron chi connectivity index (χ1n) is 11.5. The van der Waals surface area contributed by atoms with E-state index in [1.54, 1.807) is 37.5 Å². The molecule has 0 radical (unpaired) electrons. The van der Waals surface area contributed by atoms with Crippen molar-refractivity contribution in [2.75, 3.05) is 5.32 Å². The second-order valence-corrected chi connectivity index (χ2v) is 10.3. The standard InChI is InChI=1S/C28H25N5O2S/c1-19-7-5-9-23(15-19)31-28-25-11-4-3-10-24(25)27(32-33-28)22-13-12-20(2)26(16-22)36(34,35)30-18-21-8-6-14-29-17-21/h3-17,30H,18H2,1-2H3,(H,31,33). The summed E-state index contributed by atoms with van der Waals surface area (Å²) in [6.45, 7) is 3.97. The van der Waals surface area contributed by atoms with Gasteiger partial charge in [0.1, 0.15) is 5.69 Å². The zero-order valence-electron chi connectivity index (χ0n) is 19.9. The number of hydrogen-bond acceptors (Lipinski definition) is 6. The molecule has 180 valence electrons. The summed E-state index contributed by atoms with van der Waals surface area (Å²) < 4.78 is 29.0. The van der Waals surface area contributed by atoms with Crippen LogP contribution in [0.3, 0.4) is 0 Å². The molecule has 2 N–H and O–H groups in total. The number of nitrogens with one attached hydrogen (secondary N) is 2. The van der Waals surface area contributed by atoms with Crippen LogP contribution in [0.5, 0.6) is 0 Å². The first kappa shape index (κ1) is 23.6. The summed E-state index contributed by atoms with van der Waals surface area (Å²) in [5.74, 6) is 0.637. The van der Waals surface area contributed by atoms with Crippen LogP contribution in [0.15, 0.2) is 96.2 Å². The summed E-state index contributed by atoms with van der Waals surface area (Å²) in [6, 6.07) is 24.8. The monoisotopic (exact) mass is 495 g/mol. The summed E-state index contributed by atoms with van der Waals surface area (Å²) in [7, 11) is -3.76.